The molecule has 0 fully saturated rings. The zero-order valence-corrected chi connectivity index (χ0v) is 15.5. The van der Waals surface area contributed by atoms with E-state index in [1.54, 1.807) is 18.4 Å². The van der Waals surface area contributed by atoms with Crippen LogP contribution >= 0.6 is 11.3 Å². The third-order valence-corrected chi connectivity index (χ3v) is 4.63. The first kappa shape index (κ1) is 18.0. The molecule has 0 bridgehead atoms. The lowest BCUT2D eigenvalue weighted by molar-refractivity contribution is 0.240. The molecule has 3 aromatic rings. The largest absolute Gasteiger partial charge is 0.497 e. The standard InChI is InChI=1S/C19H22N4O2S/c1-25-17-4-2-15(3-5-17)6-9-20-19(24)21-10-12-23-11-7-18(22-23)16-8-13-26-14-16/h2-5,7-8,11,13-14H,6,9-10,12H2,1H3,(H2,20,21,24). The molecule has 0 saturated heterocycles. The number of urea groups is 1. The number of methoxy groups -OCH3 is 1. The second-order valence-corrected chi connectivity index (χ2v) is 6.54. The number of carbonyl (C=O) groups is 1. The van der Waals surface area contributed by atoms with Gasteiger partial charge in [-0.25, -0.2) is 4.79 Å². The Kier molecular flexibility index (Phi) is 6.27. The topological polar surface area (TPSA) is 68.2 Å². The summed E-state index contributed by atoms with van der Waals surface area (Å²) >= 11 is 1.65. The maximum Gasteiger partial charge on any atom is 0.314 e. The summed E-state index contributed by atoms with van der Waals surface area (Å²) in [6.45, 7) is 1.75. The highest BCUT2D eigenvalue weighted by molar-refractivity contribution is 7.08. The van der Waals surface area contributed by atoms with Crippen LogP contribution in [-0.2, 0) is 13.0 Å². The maximum atomic E-state index is 11.8. The quantitative estimate of drug-likeness (QED) is 0.640. The maximum absolute atomic E-state index is 11.8. The van der Waals surface area contributed by atoms with Gasteiger partial charge in [0.15, 0.2) is 0 Å². The van der Waals surface area contributed by atoms with E-state index in [0.29, 0.717) is 19.6 Å². The van der Waals surface area contributed by atoms with Gasteiger partial charge in [0, 0.05) is 30.2 Å². The van der Waals surface area contributed by atoms with E-state index >= 15 is 0 Å². The van der Waals surface area contributed by atoms with E-state index in [2.05, 4.69) is 21.1 Å². The first-order valence-corrected chi connectivity index (χ1v) is 9.39. The molecule has 0 aliphatic rings. The summed E-state index contributed by atoms with van der Waals surface area (Å²) in [7, 11) is 1.65. The SMILES string of the molecule is COc1ccc(CCNC(=O)NCCn2ccc(-c3ccsc3)n2)cc1. The van der Waals surface area contributed by atoms with Gasteiger partial charge in [0.2, 0.25) is 0 Å². The lowest BCUT2D eigenvalue weighted by Crippen LogP contribution is -2.38. The van der Waals surface area contributed by atoms with Crippen molar-refractivity contribution in [2.45, 2.75) is 13.0 Å². The Balaban J connectivity index is 1.34. The van der Waals surface area contributed by atoms with Gasteiger partial charge in [-0.05, 0) is 41.6 Å². The van der Waals surface area contributed by atoms with Gasteiger partial charge in [0.1, 0.15) is 5.75 Å². The van der Waals surface area contributed by atoms with Crippen LogP contribution in [0.25, 0.3) is 11.3 Å². The predicted molar refractivity (Wildman–Crippen MR) is 104 cm³/mol. The van der Waals surface area contributed by atoms with Crippen LogP contribution in [-0.4, -0.2) is 36.0 Å². The number of nitrogens with zero attached hydrogens (tertiary/aromatic N) is 2. The summed E-state index contributed by atoms with van der Waals surface area (Å²) in [6.07, 6.45) is 2.71. The average molecular weight is 370 g/mol. The van der Waals surface area contributed by atoms with Crippen molar-refractivity contribution in [3.8, 4) is 17.0 Å². The van der Waals surface area contributed by atoms with E-state index in [4.69, 9.17) is 4.74 Å². The van der Waals surface area contributed by atoms with Gasteiger partial charge < -0.3 is 15.4 Å². The molecule has 2 N–H and O–H groups in total. The molecule has 0 radical (unpaired) electrons. The number of carbonyl (C=O) groups excluding carboxylic acids is 1. The molecular formula is C19H22N4O2S. The highest BCUT2D eigenvalue weighted by Crippen LogP contribution is 2.19. The second-order valence-electron chi connectivity index (χ2n) is 5.76. The van der Waals surface area contributed by atoms with Gasteiger partial charge in [0.25, 0.3) is 0 Å². The van der Waals surface area contributed by atoms with Crippen molar-refractivity contribution < 1.29 is 9.53 Å². The van der Waals surface area contributed by atoms with E-state index in [9.17, 15) is 4.79 Å². The second kappa shape index (κ2) is 9.05. The minimum Gasteiger partial charge on any atom is -0.497 e. The third-order valence-electron chi connectivity index (χ3n) is 3.94. The van der Waals surface area contributed by atoms with Crippen molar-refractivity contribution in [3.63, 3.8) is 0 Å². The van der Waals surface area contributed by atoms with Gasteiger partial charge in [-0.2, -0.15) is 16.4 Å². The Morgan fingerprint density at radius 3 is 2.69 bits per heavy atom. The van der Waals surface area contributed by atoms with E-state index in [0.717, 1.165) is 29.0 Å². The van der Waals surface area contributed by atoms with E-state index in [1.165, 1.54) is 0 Å². The number of amides is 2. The number of hydrogen-bond acceptors (Lipinski definition) is 4. The molecular weight excluding hydrogens is 348 g/mol. The van der Waals surface area contributed by atoms with Crippen LogP contribution in [0, 0.1) is 0 Å². The van der Waals surface area contributed by atoms with Crippen LogP contribution in [0.2, 0.25) is 0 Å². The number of benzene rings is 1. The zero-order valence-electron chi connectivity index (χ0n) is 14.6. The van der Waals surface area contributed by atoms with Gasteiger partial charge in [0.05, 0.1) is 19.3 Å². The van der Waals surface area contributed by atoms with Crippen LogP contribution in [0.4, 0.5) is 4.79 Å². The minimum atomic E-state index is -0.163. The fourth-order valence-corrected chi connectivity index (χ4v) is 3.16. The van der Waals surface area contributed by atoms with E-state index in [1.807, 2.05) is 52.7 Å². The summed E-state index contributed by atoms with van der Waals surface area (Å²) in [5.41, 5.74) is 3.23. The van der Waals surface area contributed by atoms with Crippen molar-refractivity contribution in [1.82, 2.24) is 20.4 Å². The summed E-state index contributed by atoms with van der Waals surface area (Å²) in [4.78, 5) is 11.8. The van der Waals surface area contributed by atoms with Gasteiger partial charge in [-0.1, -0.05) is 12.1 Å². The third kappa shape index (κ3) is 5.10. The Hall–Kier alpha value is -2.80. The molecule has 2 aromatic heterocycles. The fraction of sp³-hybridized carbons (Fsp3) is 0.263. The van der Waals surface area contributed by atoms with E-state index in [-0.39, 0.29) is 6.03 Å². The van der Waals surface area contributed by atoms with Crippen LogP contribution < -0.4 is 15.4 Å². The molecule has 3 rings (SSSR count). The van der Waals surface area contributed by atoms with Crippen LogP contribution in [0.1, 0.15) is 5.56 Å². The Bertz CT molecular complexity index is 812. The zero-order chi connectivity index (χ0) is 18.2. The first-order chi connectivity index (χ1) is 12.7. The summed E-state index contributed by atoms with van der Waals surface area (Å²) in [5, 5.41) is 14.3. The van der Waals surface area contributed by atoms with Gasteiger partial charge in [-0.15, -0.1) is 0 Å². The van der Waals surface area contributed by atoms with Gasteiger partial charge >= 0.3 is 6.03 Å². The molecule has 0 spiro atoms. The molecule has 0 unspecified atom stereocenters. The monoisotopic (exact) mass is 370 g/mol. The van der Waals surface area contributed by atoms with Crippen molar-refractivity contribution in [3.05, 3.63) is 58.9 Å². The highest BCUT2D eigenvalue weighted by atomic mass is 32.1. The molecule has 26 heavy (non-hydrogen) atoms. The van der Waals surface area contributed by atoms with Crippen molar-refractivity contribution in [2.24, 2.45) is 0 Å². The van der Waals surface area contributed by atoms with Crippen LogP contribution in [0.15, 0.2) is 53.4 Å². The molecule has 0 atom stereocenters. The Labute approximate surface area is 156 Å². The lowest BCUT2D eigenvalue weighted by Gasteiger charge is -2.08. The first-order valence-electron chi connectivity index (χ1n) is 8.45. The number of rotatable bonds is 8. The highest BCUT2D eigenvalue weighted by Gasteiger charge is 2.04. The fourth-order valence-electron chi connectivity index (χ4n) is 2.51. The normalized spacial score (nSPS) is 10.5. The van der Waals surface area contributed by atoms with E-state index < -0.39 is 0 Å². The van der Waals surface area contributed by atoms with Crippen molar-refractivity contribution in [1.29, 1.82) is 0 Å². The molecule has 0 aliphatic heterocycles. The van der Waals surface area contributed by atoms with Crippen molar-refractivity contribution in [2.75, 3.05) is 20.2 Å². The Morgan fingerprint density at radius 1 is 1.15 bits per heavy atom. The number of nitrogens with one attached hydrogen (secondary N) is 2. The molecule has 2 amide bonds. The number of aromatic nitrogens is 2. The van der Waals surface area contributed by atoms with Gasteiger partial charge in [-0.3, -0.25) is 4.68 Å². The smallest absolute Gasteiger partial charge is 0.314 e. The molecule has 6 nitrogen and oxygen atoms in total. The summed E-state index contributed by atoms with van der Waals surface area (Å²) in [5.74, 6) is 0.834. The average Bonchev–Trinajstić information content (AvgIpc) is 3.34. The van der Waals surface area contributed by atoms with Crippen LogP contribution in [0.3, 0.4) is 0 Å². The summed E-state index contributed by atoms with van der Waals surface area (Å²) in [6, 6.07) is 11.7. The molecule has 1 aromatic carbocycles. The molecule has 0 saturated carbocycles. The van der Waals surface area contributed by atoms with Crippen LogP contribution in [0.5, 0.6) is 5.75 Å². The van der Waals surface area contributed by atoms with Crippen molar-refractivity contribution >= 4 is 17.4 Å². The molecule has 2 heterocycles. The predicted octanol–water partition coefficient (Wildman–Crippen LogP) is 3.16. The summed E-state index contributed by atoms with van der Waals surface area (Å²) < 4.78 is 6.97. The molecule has 7 heteroatoms. The minimum absolute atomic E-state index is 0.163. The lowest BCUT2D eigenvalue weighted by atomic mass is 10.1. The number of thiophene rings is 1. The molecule has 0 aliphatic carbocycles. The number of ether oxygens (including phenoxy) is 1. The Morgan fingerprint density at radius 2 is 1.96 bits per heavy atom. The molecule has 136 valence electrons. The number of hydrogen-bond donors (Lipinski definition) is 2.